The molecule has 9 heteroatoms. The molecule has 7 nitrogen and oxygen atoms in total. The fourth-order valence-electron chi connectivity index (χ4n) is 3.68. The van der Waals surface area contributed by atoms with Crippen LogP contribution in [0.25, 0.3) is 11.3 Å². The minimum Gasteiger partial charge on any atom is -0.493 e. The molecule has 0 fully saturated rings. The third-order valence-electron chi connectivity index (χ3n) is 5.06. The van der Waals surface area contributed by atoms with Crippen molar-refractivity contribution in [1.82, 2.24) is 9.78 Å². The molecule has 2 N–H and O–H groups in total. The lowest BCUT2D eigenvalue weighted by atomic mass is 9.91. The van der Waals surface area contributed by atoms with Gasteiger partial charge in [-0.05, 0) is 71.7 Å². The quantitative estimate of drug-likeness (QED) is 0.466. The zero-order chi connectivity index (χ0) is 23.0. The molecule has 3 aromatic rings. The minimum absolute atomic E-state index is 0.314. The summed E-state index contributed by atoms with van der Waals surface area (Å²) in [6, 6.07) is 13.6. The summed E-state index contributed by atoms with van der Waals surface area (Å²) < 4.78 is 20.6. The summed E-state index contributed by atoms with van der Waals surface area (Å²) in [7, 11) is 1.58. The number of nitrogens with two attached hydrogens (primary N) is 1. The Morgan fingerprint density at radius 3 is 2.59 bits per heavy atom. The van der Waals surface area contributed by atoms with Gasteiger partial charge in [0.2, 0.25) is 5.88 Å². The highest BCUT2D eigenvalue weighted by atomic mass is 79.9. The molecule has 0 saturated heterocycles. The van der Waals surface area contributed by atoms with Crippen molar-refractivity contribution in [3.8, 4) is 29.1 Å². The van der Waals surface area contributed by atoms with Crippen LogP contribution in [0.2, 0.25) is 0 Å². The van der Waals surface area contributed by atoms with E-state index in [1.807, 2.05) is 50.2 Å². The van der Waals surface area contributed by atoms with Crippen LogP contribution in [0.15, 0.2) is 50.9 Å². The number of aryl methyl sites for hydroxylation is 1. The van der Waals surface area contributed by atoms with Gasteiger partial charge < -0.3 is 14.2 Å². The Morgan fingerprint density at radius 2 is 1.97 bits per heavy atom. The number of rotatable bonds is 5. The molecule has 1 aromatic heterocycles. The van der Waals surface area contributed by atoms with Crippen molar-refractivity contribution in [2.24, 2.45) is 5.73 Å². The van der Waals surface area contributed by atoms with Crippen molar-refractivity contribution in [3.05, 3.63) is 67.7 Å². The third kappa shape index (κ3) is 3.79. The molecule has 164 valence electrons. The number of halogens is 2. The first-order valence-electron chi connectivity index (χ1n) is 9.82. The molecule has 0 unspecified atom stereocenters. The summed E-state index contributed by atoms with van der Waals surface area (Å²) in [6.45, 7) is 4.27. The van der Waals surface area contributed by atoms with Gasteiger partial charge in [0, 0.05) is 10.0 Å². The van der Waals surface area contributed by atoms with Gasteiger partial charge in [0.25, 0.3) is 0 Å². The second-order valence-electron chi connectivity index (χ2n) is 7.02. The number of nitriles is 1. The zero-order valence-corrected chi connectivity index (χ0v) is 20.8. The van der Waals surface area contributed by atoms with E-state index in [0.29, 0.717) is 50.9 Å². The van der Waals surface area contributed by atoms with Crippen molar-refractivity contribution in [2.75, 3.05) is 13.7 Å². The van der Waals surface area contributed by atoms with Gasteiger partial charge in [-0.2, -0.15) is 10.4 Å². The van der Waals surface area contributed by atoms with E-state index >= 15 is 0 Å². The molecule has 2 heterocycles. The first-order chi connectivity index (χ1) is 15.4. The van der Waals surface area contributed by atoms with E-state index in [1.165, 1.54) is 0 Å². The van der Waals surface area contributed by atoms with Crippen molar-refractivity contribution >= 4 is 37.4 Å². The molecule has 1 aliphatic heterocycles. The summed E-state index contributed by atoms with van der Waals surface area (Å²) in [4.78, 5) is 0. The molecule has 4 rings (SSSR count). The van der Waals surface area contributed by atoms with Crippen LogP contribution in [-0.2, 0) is 0 Å². The van der Waals surface area contributed by atoms with Crippen LogP contribution in [-0.4, -0.2) is 29.7 Å². The summed E-state index contributed by atoms with van der Waals surface area (Å²) >= 11 is 7.02. The highest BCUT2D eigenvalue weighted by Gasteiger charge is 2.34. The molecule has 2 aromatic carbocycles. The van der Waals surface area contributed by atoms with Crippen molar-refractivity contribution in [3.63, 3.8) is 0 Å². The van der Waals surface area contributed by atoms with Crippen molar-refractivity contribution < 1.29 is 14.2 Å². The van der Waals surface area contributed by atoms with Gasteiger partial charge in [0.15, 0.2) is 17.7 Å². The van der Waals surface area contributed by atoms with Crippen LogP contribution in [0.5, 0.6) is 17.4 Å². The molecule has 0 spiro atoms. The molecular weight excluding hydrogens is 540 g/mol. The molecule has 0 amide bonds. The van der Waals surface area contributed by atoms with Gasteiger partial charge >= 0.3 is 0 Å². The first kappa shape index (κ1) is 22.4. The maximum Gasteiger partial charge on any atom is 0.226 e. The number of methoxy groups -OCH3 is 1. The van der Waals surface area contributed by atoms with E-state index in [-0.39, 0.29) is 0 Å². The minimum atomic E-state index is -0.941. The van der Waals surface area contributed by atoms with Gasteiger partial charge in [-0.3, -0.25) is 5.73 Å². The van der Waals surface area contributed by atoms with Crippen LogP contribution in [0, 0.1) is 18.3 Å². The lowest BCUT2D eigenvalue weighted by molar-refractivity contribution is 0.228. The van der Waals surface area contributed by atoms with Gasteiger partial charge in [-0.25, -0.2) is 4.68 Å². The number of ether oxygens (including phenoxy) is 3. The molecule has 32 heavy (non-hydrogen) atoms. The van der Waals surface area contributed by atoms with Crippen LogP contribution in [0.4, 0.5) is 0 Å². The summed E-state index contributed by atoms with van der Waals surface area (Å²) in [5, 5.41) is 14.6. The van der Waals surface area contributed by atoms with Crippen LogP contribution >= 0.6 is 31.9 Å². The summed E-state index contributed by atoms with van der Waals surface area (Å²) in [6.07, 6.45) is -0.941. The average Bonchev–Trinajstić information content (AvgIpc) is 3.10. The lowest BCUT2D eigenvalue weighted by Gasteiger charge is -2.25. The van der Waals surface area contributed by atoms with E-state index in [0.717, 1.165) is 15.7 Å². The fraction of sp³-hybridized carbons (Fsp3) is 0.217. The van der Waals surface area contributed by atoms with Crippen molar-refractivity contribution in [1.29, 1.82) is 5.26 Å². The Morgan fingerprint density at radius 1 is 1.25 bits per heavy atom. The fourth-order valence-corrected chi connectivity index (χ4v) is 4.50. The zero-order valence-electron chi connectivity index (χ0n) is 17.6. The number of hydrogen-bond donors (Lipinski definition) is 1. The maximum absolute atomic E-state index is 9.93. The smallest absolute Gasteiger partial charge is 0.226 e. The summed E-state index contributed by atoms with van der Waals surface area (Å²) in [5.41, 5.74) is 10.2. The number of aromatic nitrogens is 2. The standard InChI is InChI=1S/C23H20Br2N4O3/c1-4-31-21-17(25)9-13(10-18(21)30-3)20-16(11-26)22(27)32-23-19(20)12(2)28-29(23)15-7-5-14(24)6-8-15/h5-10,22H,4,27H2,1-3H3/t22-/m1/s1. The lowest BCUT2D eigenvalue weighted by Crippen LogP contribution is -2.33. The predicted octanol–water partition coefficient (Wildman–Crippen LogP) is 5.12. The van der Waals surface area contributed by atoms with Crippen LogP contribution in [0.3, 0.4) is 0 Å². The van der Waals surface area contributed by atoms with Gasteiger partial charge in [0.05, 0.1) is 40.7 Å². The van der Waals surface area contributed by atoms with Gasteiger partial charge in [-0.1, -0.05) is 15.9 Å². The monoisotopic (exact) mass is 558 g/mol. The predicted molar refractivity (Wildman–Crippen MR) is 128 cm³/mol. The largest absolute Gasteiger partial charge is 0.493 e. The van der Waals surface area contributed by atoms with Crippen LogP contribution < -0.4 is 19.9 Å². The second kappa shape index (κ2) is 8.98. The molecule has 0 radical (unpaired) electrons. The SMILES string of the molecule is CCOc1c(Br)cc(C2=C(C#N)[C@H](N)Oc3c2c(C)nn3-c2ccc(Br)cc2)cc1OC. The Kier molecular flexibility index (Phi) is 6.29. The Hall–Kier alpha value is -2.80. The molecule has 1 atom stereocenters. The first-order valence-corrected chi connectivity index (χ1v) is 11.4. The van der Waals surface area contributed by atoms with Crippen molar-refractivity contribution in [2.45, 2.75) is 20.1 Å². The molecule has 0 aliphatic carbocycles. The van der Waals surface area contributed by atoms with Crippen LogP contribution in [0.1, 0.15) is 23.7 Å². The number of fused-ring (bicyclic) bond motifs is 1. The Bertz CT molecular complexity index is 1260. The number of hydrogen-bond acceptors (Lipinski definition) is 6. The highest BCUT2D eigenvalue weighted by molar-refractivity contribution is 9.10. The molecule has 0 saturated carbocycles. The third-order valence-corrected chi connectivity index (χ3v) is 6.18. The Labute approximate surface area is 202 Å². The normalized spacial score (nSPS) is 15.1. The second-order valence-corrected chi connectivity index (χ2v) is 8.79. The molecule has 0 bridgehead atoms. The number of benzene rings is 2. The Balaban J connectivity index is 1.97. The average molecular weight is 560 g/mol. The number of nitrogens with zero attached hydrogens (tertiary/aromatic N) is 3. The molecular formula is C23H20Br2N4O3. The maximum atomic E-state index is 9.93. The molecule has 1 aliphatic rings. The summed E-state index contributed by atoms with van der Waals surface area (Å²) in [5.74, 6) is 1.62. The topological polar surface area (TPSA) is 95.3 Å². The van der Waals surface area contributed by atoms with E-state index in [9.17, 15) is 5.26 Å². The van der Waals surface area contributed by atoms with E-state index < -0.39 is 6.23 Å². The van der Waals surface area contributed by atoms with E-state index in [2.05, 4.69) is 37.9 Å². The van der Waals surface area contributed by atoms with Gasteiger partial charge in [-0.15, -0.1) is 0 Å². The van der Waals surface area contributed by atoms with E-state index in [4.69, 9.17) is 25.0 Å². The van der Waals surface area contributed by atoms with E-state index in [1.54, 1.807) is 11.8 Å². The van der Waals surface area contributed by atoms with Gasteiger partial charge in [0.1, 0.15) is 6.07 Å². The highest BCUT2D eigenvalue weighted by Crippen LogP contribution is 2.45.